The zero-order valence-electron chi connectivity index (χ0n) is 15.5. The lowest BCUT2D eigenvalue weighted by Crippen LogP contribution is -2.50. The van der Waals surface area contributed by atoms with Gasteiger partial charge in [0.05, 0.1) is 11.9 Å². The van der Waals surface area contributed by atoms with E-state index in [4.69, 9.17) is 0 Å². The summed E-state index contributed by atoms with van der Waals surface area (Å²) in [4.78, 5) is 5.20. The third-order valence-electron chi connectivity index (χ3n) is 5.76. The van der Waals surface area contributed by atoms with Crippen molar-refractivity contribution in [1.29, 1.82) is 0 Å². The van der Waals surface area contributed by atoms with Crippen molar-refractivity contribution in [2.24, 2.45) is 5.41 Å². The quantitative estimate of drug-likeness (QED) is 0.655. The van der Waals surface area contributed by atoms with Crippen LogP contribution in [0.25, 0.3) is 16.2 Å². The fourth-order valence-corrected chi connectivity index (χ4v) is 5.24. The van der Waals surface area contributed by atoms with Crippen LogP contribution in [0.1, 0.15) is 25.7 Å². The zero-order valence-corrected chi connectivity index (χ0v) is 16.3. The number of imidazole rings is 1. The van der Waals surface area contributed by atoms with Gasteiger partial charge in [0.1, 0.15) is 5.75 Å². The number of hydrogen-bond donors (Lipinski definition) is 2. The molecule has 10 heteroatoms. The van der Waals surface area contributed by atoms with Crippen LogP contribution in [-0.2, 0) is 0 Å². The molecule has 2 aromatic heterocycles. The molecular formula is C19H20F3N5OS. The minimum absolute atomic E-state index is 0.265. The molecule has 6 nitrogen and oxygen atoms in total. The Morgan fingerprint density at radius 2 is 2.03 bits per heavy atom. The smallest absolute Gasteiger partial charge is 0.406 e. The predicted octanol–water partition coefficient (Wildman–Crippen LogP) is 4.30. The van der Waals surface area contributed by atoms with Crippen molar-refractivity contribution in [2.45, 2.75) is 38.1 Å². The van der Waals surface area contributed by atoms with Crippen LogP contribution < -0.4 is 15.4 Å². The van der Waals surface area contributed by atoms with E-state index in [0.717, 1.165) is 18.2 Å². The minimum atomic E-state index is -4.72. The van der Waals surface area contributed by atoms with E-state index in [0.29, 0.717) is 27.7 Å². The van der Waals surface area contributed by atoms with E-state index >= 15 is 0 Å². The van der Waals surface area contributed by atoms with Crippen molar-refractivity contribution in [3.8, 4) is 17.0 Å². The van der Waals surface area contributed by atoms with E-state index in [1.165, 1.54) is 55.2 Å². The lowest BCUT2D eigenvalue weighted by molar-refractivity contribution is -0.274. The highest BCUT2D eigenvalue weighted by atomic mass is 32.1. The van der Waals surface area contributed by atoms with Crippen molar-refractivity contribution < 1.29 is 17.9 Å². The molecule has 1 saturated carbocycles. The van der Waals surface area contributed by atoms with Gasteiger partial charge in [-0.1, -0.05) is 23.5 Å². The molecule has 0 amide bonds. The molecule has 2 aliphatic rings. The minimum Gasteiger partial charge on any atom is -0.406 e. The number of hydrogen-bond acceptors (Lipinski definition) is 6. The first kappa shape index (κ1) is 18.7. The topological polar surface area (TPSA) is 63.5 Å². The number of halogens is 3. The van der Waals surface area contributed by atoms with Gasteiger partial charge in [-0.05, 0) is 56.3 Å². The molecule has 2 N–H and O–H groups in total. The standard InChI is InChI=1S/C19H20F3N5OS/c20-19(21,22)28-14-3-1-2-12(8-14)15-11-27-17(25-15)29-16(26-27)24-13-9-18(10-13)4-6-23-7-5-18/h1-3,8,11,13,23H,4-7,9-10H2,(H,24,26). The lowest BCUT2D eigenvalue weighted by Gasteiger charge is -2.50. The molecule has 5 rings (SSSR count). The molecule has 3 heterocycles. The number of rotatable bonds is 4. The van der Waals surface area contributed by atoms with Gasteiger partial charge in [0.25, 0.3) is 0 Å². The third kappa shape index (κ3) is 3.91. The Kier molecular flexibility index (Phi) is 4.43. The Hall–Kier alpha value is -2.33. The Balaban J connectivity index is 1.27. The first-order valence-corrected chi connectivity index (χ1v) is 10.4. The third-order valence-corrected chi connectivity index (χ3v) is 6.61. The highest BCUT2D eigenvalue weighted by molar-refractivity contribution is 7.20. The molecule has 0 radical (unpaired) electrons. The van der Waals surface area contributed by atoms with Gasteiger partial charge in [0, 0.05) is 11.6 Å². The first-order valence-electron chi connectivity index (χ1n) is 9.57. The van der Waals surface area contributed by atoms with Crippen LogP contribution >= 0.6 is 11.3 Å². The van der Waals surface area contributed by atoms with Crippen molar-refractivity contribution in [1.82, 2.24) is 19.9 Å². The van der Waals surface area contributed by atoms with Gasteiger partial charge >= 0.3 is 6.36 Å². The van der Waals surface area contributed by atoms with Crippen LogP contribution in [0, 0.1) is 5.41 Å². The summed E-state index contributed by atoms with van der Waals surface area (Å²) in [5.41, 5.74) is 1.60. The summed E-state index contributed by atoms with van der Waals surface area (Å²) in [6.45, 7) is 2.21. The number of benzene rings is 1. The lowest BCUT2D eigenvalue weighted by atomic mass is 9.61. The molecule has 1 aliphatic carbocycles. The molecular weight excluding hydrogens is 403 g/mol. The van der Waals surface area contributed by atoms with Crippen LogP contribution in [0.15, 0.2) is 30.5 Å². The second-order valence-corrected chi connectivity index (χ2v) is 8.79. The Morgan fingerprint density at radius 3 is 2.76 bits per heavy atom. The SMILES string of the molecule is FC(F)(F)Oc1cccc(-c2cn3nc(NC4CC5(CCNCC5)C4)sc3n2)c1. The van der Waals surface area contributed by atoms with Crippen LogP contribution in [0.5, 0.6) is 5.75 Å². The normalized spacial score (nSPS) is 19.4. The second-order valence-electron chi connectivity index (χ2n) is 7.84. The fourth-order valence-electron chi connectivity index (χ4n) is 4.38. The van der Waals surface area contributed by atoms with E-state index in [2.05, 4.69) is 25.5 Å². The molecule has 0 unspecified atom stereocenters. The summed E-state index contributed by atoms with van der Waals surface area (Å²) in [5.74, 6) is -0.265. The maximum atomic E-state index is 12.4. The molecule has 1 aliphatic heterocycles. The molecule has 1 aromatic carbocycles. The molecule has 2 fully saturated rings. The average molecular weight is 423 g/mol. The van der Waals surface area contributed by atoms with Crippen LogP contribution in [0.3, 0.4) is 0 Å². The first-order chi connectivity index (χ1) is 13.9. The maximum absolute atomic E-state index is 12.4. The van der Waals surface area contributed by atoms with Crippen molar-refractivity contribution in [2.75, 3.05) is 18.4 Å². The number of anilines is 1. The number of fused-ring (bicyclic) bond motifs is 1. The van der Waals surface area contributed by atoms with Crippen LogP contribution in [0.2, 0.25) is 0 Å². The summed E-state index contributed by atoms with van der Waals surface area (Å²) in [5, 5.41) is 12.3. The summed E-state index contributed by atoms with van der Waals surface area (Å²) < 4.78 is 42.9. The molecule has 29 heavy (non-hydrogen) atoms. The molecule has 154 valence electrons. The summed E-state index contributed by atoms with van der Waals surface area (Å²) in [6.07, 6.45) is 1.84. The van der Waals surface area contributed by atoms with E-state index < -0.39 is 6.36 Å². The van der Waals surface area contributed by atoms with E-state index in [1.54, 1.807) is 16.8 Å². The number of alkyl halides is 3. The predicted molar refractivity (Wildman–Crippen MR) is 104 cm³/mol. The highest BCUT2D eigenvalue weighted by Gasteiger charge is 2.44. The molecule has 0 bridgehead atoms. The van der Waals surface area contributed by atoms with Crippen LogP contribution in [-0.4, -0.2) is 40.1 Å². The summed E-state index contributed by atoms with van der Waals surface area (Å²) in [6, 6.07) is 6.24. The van der Waals surface area contributed by atoms with Gasteiger partial charge in [0.2, 0.25) is 10.1 Å². The van der Waals surface area contributed by atoms with Gasteiger partial charge in [-0.2, -0.15) is 0 Å². The summed E-state index contributed by atoms with van der Waals surface area (Å²) >= 11 is 1.45. The van der Waals surface area contributed by atoms with Gasteiger partial charge in [0.15, 0.2) is 0 Å². The van der Waals surface area contributed by atoms with Crippen molar-refractivity contribution >= 4 is 21.4 Å². The molecule has 0 atom stereocenters. The van der Waals surface area contributed by atoms with Gasteiger partial charge < -0.3 is 15.4 Å². The van der Waals surface area contributed by atoms with E-state index in [-0.39, 0.29) is 5.75 Å². The molecule has 1 spiro atoms. The van der Waals surface area contributed by atoms with E-state index in [9.17, 15) is 13.2 Å². The van der Waals surface area contributed by atoms with Gasteiger partial charge in [-0.15, -0.1) is 18.3 Å². The Bertz CT molecular complexity index is 985. The van der Waals surface area contributed by atoms with Crippen LogP contribution in [0.4, 0.5) is 18.3 Å². The van der Waals surface area contributed by atoms with Crippen molar-refractivity contribution in [3.05, 3.63) is 30.5 Å². The highest BCUT2D eigenvalue weighted by Crippen LogP contribution is 2.49. The maximum Gasteiger partial charge on any atom is 0.573 e. The Morgan fingerprint density at radius 1 is 1.24 bits per heavy atom. The number of piperidine rings is 1. The number of ether oxygens (including phenoxy) is 1. The molecule has 1 saturated heterocycles. The zero-order chi connectivity index (χ0) is 20.1. The number of nitrogens with one attached hydrogen (secondary N) is 2. The van der Waals surface area contributed by atoms with Gasteiger partial charge in [-0.3, -0.25) is 0 Å². The monoisotopic (exact) mass is 423 g/mol. The number of aromatic nitrogens is 3. The van der Waals surface area contributed by atoms with Crippen molar-refractivity contribution in [3.63, 3.8) is 0 Å². The largest absolute Gasteiger partial charge is 0.573 e. The second kappa shape index (κ2) is 6.88. The average Bonchev–Trinajstić information content (AvgIpc) is 3.19. The van der Waals surface area contributed by atoms with Gasteiger partial charge in [-0.25, -0.2) is 9.50 Å². The van der Waals surface area contributed by atoms with E-state index in [1.807, 2.05) is 0 Å². The number of nitrogens with zero attached hydrogens (tertiary/aromatic N) is 3. The Labute approximate surface area is 169 Å². The molecule has 3 aromatic rings. The fraction of sp³-hybridized carbons (Fsp3) is 0.474. The summed E-state index contributed by atoms with van der Waals surface area (Å²) in [7, 11) is 0.